The normalized spacial score (nSPS) is 12.8. The van der Waals surface area contributed by atoms with Gasteiger partial charge in [0, 0.05) is 24.4 Å². The van der Waals surface area contributed by atoms with E-state index in [0.29, 0.717) is 25.3 Å². The van der Waals surface area contributed by atoms with Gasteiger partial charge < -0.3 is 9.26 Å². The van der Waals surface area contributed by atoms with Crippen molar-refractivity contribution in [3.8, 4) is 17.1 Å². The third kappa shape index (κ3) is 5.10. The zero-order valence-corrected chi connectivity index (χ0v) is 16.1. The second-order valence-corrected chi connectivity index (χ2v) is 6.92. The summed E-state index contributed by atoms with van der Waals surface area (Å²) in [6.45, 7) is 0.485. The molecular formula is C21H23N5O3. The lowest BCUT2D eigenvalue weighted by atomic mass is 9.92. The molecule has 2 aromatic heterocycles. The van der Waals surface area contributed by atoms with Crippen LogP contribution in [0.2, 0.25) is 0 Å². The van der Waals surface area contributed by atoms with Crippen molar-refractivity contribution >= 4 is 11.9 Å². The first kappa shape index (κ1) is 18.9. The van der Waals surface area contributed by atoms with Crippen molar-refractivity contribution in [1.29, 1.82) is 0 Å². The van der Waals surface area contributed by atoms with Gasteiger partial charge in [-0.3, -0.25) is 15.2 Å². The quantitative estimate of drug-likeness (QED) is 0.447. The number of carbonyl (C=O) groups is 1. The lowest BCUT2D eigenvalue weighted by Crippen LogP contribution is -2.29. The van der Waals surface area contributed by atoms with Gasteiger partial charge in [-0.05, 0) is 67.5 Å². The van der Waals surface area contributed by atoms with Gasteiger partial charge in [0.1, 0.15) is 5.75 Å². The van der Waals surface area contributed by atoms with Gasteiger partial charge in [0.2, 0.25) is 11.7 Å². The molecule has 1 aliphatic carbocycles. The smallest absolute Gasteiger partial charge is 0.340 e. The Kier molecular flexibility index (Phi) is 5.99. The maximum absolute atomic E-state index is 12.0. The molecule has 0 saturated heterocycles. The Morgan fingerprint density at radius 2 is 1.93 bits per heavy atom. The molecule has 1 aliphatic rings. The molecule has 0 fully saturated rings. The third-order valence-electron chi connectivity index (χ3n) is 4.81. The van der Waals surface area contributed by atoms with Gasteiger partial charge in [0.05, 0.1) is 6.61 Å². The first-order valence-electron chi connectivity index (χ1n) is 9.81. The maximum atomic E-state index is 12.0. The molecule has 1 amide bonds. The Labute approximate surface area is 168 Å². The van der Waals surface area contributed by atoms with Crippen LogP contribution in [0.1, 0.15) is 36.8 Å². The van der Waals surface area contributed by atoms with E-state index in [1.165, 1.54) is 24.0 Å². The fourth-order valence-corrected chi connectivity index (χ4v) is 3.30. The number of fused-ring (bicyclic) bond motifs is 1. The number of pyridine rings is 1. The molecule has 8 heteroatoms. The van der Waals surface area contributed by atoms with Gasteiger partial charge in [-0.15, -0.1) is 0 Å². The van der Waals surface area contributed by atoms with Gasteiger partial charge in [-0.2, -0.15) is 4.98 Å². The minimum Gasteiger partial charge on any atom is -0.494 e. The summed E-state index contributed by atoms with van der Waals surface area (Å²) in [6.07, 6.45) is 9.02. The summed E-state index contributed by atoms with van der Waals surface area (Å²) in [5.74, 6) is 1.11. The number of ether oxygens (including phenoxy) is 1. The Bertz CT molecular complexity index is 958. The van der Waals surface area contributed by atoms with Crippen LogP contribution >= 0.6 is 0 Å². The van der Waals surface area contributed by atoms with Gasteiger partial charge in [-0.1, -0.05) is 11.2 Å². The summed E-state index contributed by atoms with van der Waals surface area (Å²) in [7, 11) is 0. The molecule has 0 saturated carbocycles. The average molecular weight is 393 g/mol. The molecule has 4 rings (SSSR count). The number of benzene rings is 1. The molecule has 0 unspecified atom stereocenters. The van der Waals surface area contributed by atoms with Gasteiger partial charge in [0.25, 0.3) is 0 Å². The zero-order chi connectivity index (χ0) is 19.9. The second kappa shape index (κ2) is 9.18. The molecule has 150 valence electrons. The molecule has 29 heavy (non-hydrogen) atoms. The number of aryl methyl sites for hydroxylation is 2. The van der Waals surface area contributed by atoms with E-state index in [1.54, 1.807) is 24.5 Å². The Morgan fingerprint density at radius 3 is 2.79 bits per heavy atom. The van der Waals surface area contributed by atoms with Crippen LogP contribution in [0.5, 0.6) is 5.75 Å². The van der Waals surface area contributed by atoms with Gasteiger partial charge >= 0.3 is 6.01 Å². The molecule has 0 aliphatic heterocycles. The van der Waals surface area contributed by atoms with Crippen LogP contribution in [0, 0.1) is 0 Å². The number of hydrogen-bond donors (Lipinski definition) is 2. The number of anilines is 1. The predicted molar refractivity (Wildman–Crippen MR) is 107 cm³/mol. The molecule has 2 heterocycles. The minimum absolute atomic E-state index is 0.121. The summed E-state index contributed by atoms with van der Waals surface area (Å²) < 4.78 is 10.9. The van der Waals surface area contributed by atoms with E-state index in [-0.39, 0.29) is 11.9 Å². The number of nitrogens with zero attached hydrogens (tertiary/aromatic N) is 3. The summed E-state index contributed by atoms with van der Waals surface area (Å²) in [6, 6.07) is 9.97. The first-order valence-corrected chi connectivity index (χ1v) is 9.81. The predicted octanol–water partition coefficient (Wildman–Crippen LogP) is 3.31. The van der Waals surface area contributed by atoms with E-state index in [9.17, 15) is 4.79 Å². The summed E-state index contributed by atoms with van der Waals surface area (Å²) in [5.41, 5.74) is 8.78. The highest BCUT2D eigenvalue weighted by atomic mass is 16.5. The number of aromatic nitrogens is 3. The van der Waals surface area contributed by atoms with Crippen molar-refractivity contribution in [1.82, 2.24) is 20.6 Å². The van der Waals surface area contributed by atoms with E-state index >= 15 is 0 Å². The fourth-order valence-electron chi connectivity index (χ4n) is 3.30. The van der Waals surface area contributed by atoms with Crippen LogP contribution in [-0.4, -0.2) is 27.6 Å². The van der Waals surface area contributed by atoms with Gasteiger partial charge in [0.15, 0.2) is 0 Å². The van der Waals surface area contributed by atoms with Crippen molar-refractivity contribution in [2.75, 3.05) is 12.0 Å². The molecule has 0 radical (unpaired) electrons. The van der Waals surface area contributed by atoms with E-state index in [1.807, 2.05) is 6.07 Å². The second-order valence-electron chi connectivity index (χ2n) is 6.92. The monoisotopic (exact) mass is 393 g/mol. The highest BCUT2D eigenvalue weighted by Crippen LogP contribution is 2.25. The molecule has 2 N–H and O–H groups in total. The lowest BCUT2D eigenvalue weighted by molar-refractivity contribution is -0.120. The summed E-state index contributed by atoms with van der Waals surface area (Å²) in [4.78, 5) is 20.1. The SMILES string of the molecule is O=C(CCCOc1ccc2c(c1)CCCC2)NNc1nc(-c2ccncc2)no1. The maximum Gasteiger partial charge on any atom is 0.340 e. The van der Waals surface area contributed by atoms with Crippen LogP contribution in [0.25, 0.3) is 11.4 Å². The molecule has 0 spiro atoms. The van der Waals surface area contributed by atoms with Gasteiger partial charge in [-0.25, -0.2) is 5.43 Å². The Balaban J connectivity index is 1.17. The fraction of sp³-hybridized carbons (Fsp3) is 0.333. The van der Waals surface area contributed by atoms with Crippen LogP contribution in [0.15, 0.2) is 47.2 Å². The number of carbonyl (C=O) groups excluding carboxylic acids is 1. The largest absolute Gasteiger partial charge is 0.494 e. The van der Waals surface area contributed by atoms with Crippen molar-refractivity contribution < 1.29 is 14.1 Å². The molecule has 8 nitrogen and oxygen atoms in total. The van der Waals surface area contributed by atoms with E-state index in [0.717, 1.165) is 24.2 Å². The average Bonchev–Trinajstić information content (AvgIpc) is 3.25. The van der Waals surface area contributed by atoms with Crippen LogP contribution in [0.4, 0.5) is 6.01 Å². The van der Waals surface area contributed by atoms with Crippen molar-refractivity contribution in [3.63, 3.8) is 0 Å². The standard InChI is InChI=1S/C21H23N5O3/c27-19(24-25-21-23-20(26-29-21)16-9-11-22-12-10-16)6-3-13-28-18-8-7-15-4-1-2-5-17(15)14-18/h7-12,14H,1-6,13H2,(H,24,27)(H,23,25,26). The molecular weight excluding hydrogens is 370 g/mol. The highest BCUT2D eigenvalue weighted by molar-refractivity contribution is 5.76. The van der Waals surface area contributed by atoms with Crippen molar-refractivity contribution in [3.05, 3.63) is 53.9 Å². The minimum atomic E-state index is -0.178. The van der Waals surface area contributed by atoms with E-state index in [2.05, 4.69) is 38.1 Å². The number of hydrogen-bond acceptors (Lipinski definition) is 7. The molecule has 0 atom stereocenters. The van der Waals surface area contributed by atoms with E-state index < -0.39 is 0 Å². The van der Waals surface area contributed by atoms with Crippen molar-refractivity contribution in [2.24, 2.45) is 0 Å². The lowest BCUT2D eigenvalue weighted by Gasteiger charge is -2.16. The topological polar surface area (TPSA) is 102 Å². The molecule has 1 aromatic carbocycles. The van der Waals surface area contributed by atoms with Crippen LogP contribution in [0.3, 0.4) is 0 Å². The first-order chi connectivity index (χ1) is 14.3. The van der Waals surface area contributed by atoms with Crippen LogP contribution in [-0.2, 0) is 17.6 Å². The highest BCUT2D eigenvalue weighted by Gasteiger charge is 2.11. The summed E-state index contributed by atoms with van der Waals surface area (Å²) in [5, 5.41) is 3.86. The number of hydrazine groups is 1. The number of amides is 1. The Morgan fingerprint density at radius 1 is 1.10 bits per heavy atom. The number of nitrogens with one attached hydrogen (secondary N) is 2. The Hall–Kier alpha value is -3.42. The molecule has 3 aromatic rings. The zero-order valence-electron chi connectivity index (χ0n) is 16.1. The third-order valence-corrected chi connectivity index (χ3v) is 4.81. The molecule has 0 bridgehead atoms. The van der Waals surface area contributed by atoms with Crippen LogP contribution < -0.4 is 15.6 Å². The number of rotatable bonds is 8. The van der Waals surface area contributed by atoms with E-state index in [4.69, 9.17) is 9.26 Å². The van der Waals surface area contributed by atoms with Crippen molar-refractivity contribution in [2.45, 2.75) is 38.5 Å². The summed E-state index contributed by atoms with van der Waals surface area (Å²) >= 11 is 0.